The lowest BCUT2D eigenvalue weighted by Crippen LogP contribution is -2.37. The molecule has 0 saturated heterocycles. The zero-order valence-corrected chi connectivity index (χ0v) is 39.1. The highest BCUT2D eigenvalue weighted by atomic mass is 31.2. The number of hydrogen-bond donors (Lipinski definition) is 4. The second-order valence-corrected chi connectivity index (χ2v) is 18.5. The molecule has 0 bridgehead atoms. The molecule has 1 rings (SSSR count). The first-order valence-corrected chi connectivity index (χ1v) is 24.4. The van der Waals surface area contributed by atoms with E-state index >= 15 is 0 Å². The Morgan fingerprint density at radius 2 is 1.28 bits per heavy atom. The largest absolute Gasteiger partial charge is 0.472 e. The highest BCUT2D eigenvalue weighted by molar-refractivity contribution is 7.47. The molecule has 0 spiro atoms. The number of phosphoric ester groups is 1. The van der Waals surface area contributed by atoms with Crippen molar-refractivity contribution < 1.29 is 57.4 Å². The number of likely N-dealkylation sites (N-methyl/N-ethyl adjacent to an activating group) is 1. The number of phosphoric acid groups is 1. The molecule has 0 aromatic heterocycles. The van der Waals surface area contributed by atoms with Crippen LogP contribution in [0, 0.1) is 11.8 Å². The average molecular weight is 881 g/mol. The molecule has 61 heavy (non-hydrogen) atoms. The zero-order chi connectivity index (χ0) is 45.2. The summed E-state index contributed by atoms with van der Waals surface area (Å²) < 4.78 is 34.2. The van der Waals surface area contributed by atoms with Crippen LogP contribution in [-0.2, 0) is 32.7 Å². The van der Waals surface area contributed by atoms with Crippen molar-refractivity contribution in [3.8, 4) is 0 Å². The summed E-state index contributed by atoms with van der Waals surface area (Å²) >= 11 is 0. The van der Waals surface area contributed by atoms with Crippen molar-refractivity contribution in [1.29, 1.82) is 0 Å². The van der Waals surface area contributed by atoms with Gasteiger partial charge < -0.3 is 34.2 Å². The second-order valence-electron chi connectivity index (χ2n) is 17.0. The number of esters is 2. The molecule has 1 fully saturated rings. The Morgan fingerprint density at radius 1 is 0.721 bits per heavy atom. The normalized spacial score (nSPS) is 20.9. The van der Waals surface area contributed by atoms with Gasteiger partial charge in [-0.3, -0.25) is 18.6 Å². The van der Waals surface area contributed by atoms with Crippen LogP contribution in [0.4, 0.5) is 0 Å². The molecule has 12 nitrogen and oxygen atoms in total. The van der Waals surface area contributed by atoms with Gasteiger partial charge in [-0.2, -0.15) is 0 Å². The van der Waals surface area contributed by atoms with Crippen LogP contribution in [0.5, 0.6) is 0 Å². The Labute approximate surface area is 368 Å². The number of allylic oxidation sites excluding steroid dienone is 10. The van der Waals surface area contributed by atoms with E-state index < -0.39 is 50.8 Å². The Balaban J connectivity index is 2.54. The van der Waals surface area contributed by atoms with E-state index in [1.165, 1.54) is 19.3 Å². The van der Waals surface area contributed by atoms with Crippen LogP contribution in [0.15, 0.2) is 72.9 Å². The summed E-state index contributed by atoms with van der Waals surface area (Å²) in [5, 5.41) is 31.4. The van der Waals surface area contributed by atoms with E-state index in [1.807, 2.05) is 45.4 Å². The van der Waals surface area contributed by atoms with E-state index in [4.69, 9.17) is 18.5 Å². The first-order valence-electron chi connectivity index (χ1n) is 22.9. The van der Waals surface area contributed by atoms with Crippen LogP contribution in [0.2, 0.25) is 0 Å². The van der Waals surface area contributed by atoms with Crippen molar-refractivity contribution in [3.63, 3.8) is 0 Å². The summed E-state index contributed by atoms with van der Waals surface area (Å²) in [4.78, 5) is 35.6. The highest BCUT2D eigenvalue weighted by Crippen LogP contribution is 2.43. The first-order chi connectivity index (χ1) is 29.2. The number of aliphatic hydroxyl groups is 3. The molecule has 0 aromatic rings. The Kier molecular flexibility index (Phi) is 32.1. The van der Waals surface area contributed by atoms with Crippen molar-refractivity contribution in [3.05, 3.63) is 72.9 Å². The SMILES string of the molecule is CCCCC/C=C\C/C=C\C/C=C\C/C=C\CCCC(=O)O[C@H](COC(=O)CCC/C=C/C[C@@H]1[C@@H](/C=C/[C@@H](O)CCCCC)[C@H](O)C[C@@H]1O)COP(=O)(O)OCC[N+](C)(C)C. The third-order valence-corrected chi connectivity index (χ3v) is 11.3. The third-order valence-electron chi connectivity index (χ3n) is 10.3. The van der Waals surface area contributed by atoms with Crippen molar-refractivity contribution in [2.24, 2.45) is 11.8 Å². The number of hydrogen-bond acceptors (Lipinski definition) is 10. The van der Waals surface area contributed by atoms with Gasteiger partial charge in [0.25, 0.3) is 0 Å². The van der Waals surface area contributed by atoms with Crippen LogP contribution < -0.4 is 0 Å². The van der Waals surface area contributed by atoms with Gasteiger partial charge in [0.2, 0.25) is 0 Å². The van der Waals surface area contributed by atoms with Crippen LogP contribution in [0.1, 0.15) is 136 Å². The summed E-state index contributed by atoms with van der Waals surface area (Å²) in [6.45, 7) is 3.93. The van der Waals surface area contributed by atoms with Gasteiger partial charge in [0.15, 0.2) is 6.10 Å². The average Bonchev–Trinajstić information content (AvgIpc) is 3.47. The molecule has 0 aliphatic heterocycles. The maximum absolute atomic E-state index is 12.7. The predicted molar refractivity (Wildman–Crippen MR) is 244 cm³/mol. The van der Waals surface area contributed by atoms with E-state index in [2.05, 4.69) is 56.4 Å². The minimum Gasteiger partial charge on any atom is -0.462 e. The van der Waals surface area contributed by atoms with Crippen LogP contribution >= 0.6 is 7.82 Å². The summed E-state index contributed by atoms with van der Waals surface area (Å²) in [6.07, 6.45) is 36.3. The van der Waals surface area contributed by atoms with Gasteiger partial charge >= 0.3 is 19.8 Å². The smallest absolute Gasteiger partial charge is 0.462 e. The molecular formula is C48H83NO11P+. The maximum Gasteiger partial charge on any atom is 0.472 e. The lowest BCUT2D eigenvalue weighted by atomic mass is 9.89. The van der Waals surface area contributed by atoms with Gasteiger partial charge in [-0.15, -0.1) is 0 Å². The fourth-order valence-electron chi connectivity index (χ4n) is 6.59. The van der Waals surface area contributed by atoms with Gasteiger partial charge in [0.05, 0.1) is 46.1 Å². The van der Waals surface area contributed by atoms with Crippen LogP contribution in [0.3, 0.4) is 0 Å². The molecule has 0 aromatic carbocycles. The number of quaternary nitrogens is 1. The molecule has 0 heterocycles. The topological polar surface area (TPSA) is 169 Å². The molecule has 1 saturated carbocycles. The van der Waals surface area contributed by atoms with Crippen molar-refractivity contribution in [2.45, 2.75) is 160 Å². The van der Waals surface area contributed by atoms with Gasteiger partial charge in [0, 0.05) is 25.2 Å². The molecule has 0 amide bonds. The lowest BCUT2D eigenvalue weighted by molar-refractivity contribution is -0.870. The third kappa shape index (κ3) is 31.8. The lowest BCUT2D eigenvalue weighted by Gasteiger charge is -2.24. The fourth-order valence-corrected chi connectivity index (χ4v) is 7.33. The monoisotopic (exact) mass is 881 g/mol. The van der Waals surface area contributed by atoms with Gasteiger partial charge in [-0.25, -0.2) is 4.57 Å². The minimum absolute atomic E-state index is 0.0210. The minimum atomic E-state index is -4.46. The fraction of sp³-hybridized carbons (Fsp3) is 0.708. The van der Waals surface area contributed by atoms with Gasteiger partial charge in [0.1, 0.15) is 19.8 Å². The van der Waals surface area contributed by atoms with E-state index in [9.17, 15) is 34.4 Å². The predicted octanol–water partition coefficient (Wildman–Crippen LogP) is 9.40. The molecule has 350 valence electrons. The number of rotatable bonds is 36. The van der Waals surface area contributed by atoms with Gasteiger partial charge in [-0.1, -0.05) is 119 Å². The highest BCUT2D eigenvalue weighted by Gasteiger charge is 2.39. The molecule has 0 radical (unpaired) electrons. The van der Waals surface area contributed by atoms with E-state index in [0.717, 1.165) is 44.9 Å². The molecule has 7 atom stereocenters. The van der Waals surface area contributed by atoms with Crippen molar-refractivity contribution >= 4 is 19.8 Å². The summed E-state index contributed by atoms with van der Waals surface area (Å²) in [7, 11) is 1.30. The Morgan fingerprint density at radius 3 is 1.89 bits per heavy atom. The van der Waals surface area contributed by atoms with Crippen molar-refractivity contribution in [1.82, 2.24) is 0 Å². The van der Waals surface area contributed by atoms with Gasteiger partial charge in [-0.05, 0) is 76.5 Å². The van der Waals surface area contributed by atoms with Crippen molar-refractivity contribution in [2.75, 3.05) is 47.5 Å². The zero-order valence-electron chi connectivity index (χ0n) is 38.2. The summed E-state index contributed by atoms with van der Waals surface area (Å²) in [5.74, 6) is -1.47. The molecular weight excluding hydrogens is 797 g/mol. The maximum atomic E-state index is 12.7. The second kappa shape index (κ2) is 34.8. The Bertz CT molecular complexity index is 1390. The number of aliphatic hydroxyl groups excluding tert-OH is 3. The van der Waals surface area contributed by atoms with Crippen LogP contribution in [-0.4, -0.2) is 109 Å². The van der Waals surface area contributed by atoms with E-state index in [-0.39, 0.29) is 44.3 Å². The van der Waals surface area contributed by atoms with E-state index in [0.29, 0.717) is 49.6 Å². The number of nitrogens with zero attached hydrogens (tertiary/aromatic N) is 1. The quantitative estimate of drug-likeness (QED) is 0.0156. The molecule has 1 aliphatic rings. The molecule has 1 unspecified atom stereocenters. The molecule has 1 aliphatic carbocycles. The first kappa shape index (κ1) is 56.3. The van der Waals surface area contributed by atoms with E-state index in [1.54, 1.807) is 6.08 Å². The number of unbranched alkanes of at least 4 members (excludes halogenated alkanes) is 7. The van der Waals surface area contributed by atoms with Crippen LogP contribution in [0.25, 0.3) is 0 Å². The number of carbonyl (C=O) groups is 2. The summed E-state index contributed by atoms with van der Waals surface area (Å²) in [6, 6.07) is 0. The number of ether oxygens (including phenoxy) is 2. The molecule has 13 heteroatoms. The Hall–Kier alpha value is -2.67. The standard InChI is InChI=1S/C48H82NO11P/c1-6-8-10-11-12-13-14-15-16-17-18-19-20-21-22-23-29-33-48(54)60-42(40-59-61(55,56)58-37-36-49(3,4)5)39-57-47(53)32-28-25-24-27-31-43-44(46(52)38-45(43)51)35-34-41(50)30-26-9-7-2/h12-13,15-16,18-19,21-22,24,27,34-35,41-46,50-52H,6-11,14,17,20,23,25-26,28-33,36-40H2,1-5H3/p+1/b13-12-,16-15-,19-18-,22-21-,27-24+,35-34+/t41-,42+,43+,44+,45-,46+/m0/s1. The number of carbonyl (C=O) groups excluding carboxylic acids is 2. The molecule has 4 N–H and O–H groups in total. The summed E-state index contributed by atoms with van der Waals surface area (Å²) in [5.41, 5.74) is 0.